The van der Waals surface area contributed by atoms with Crippen LogP contribution in [0.25, 0.3) is 0 Å². The third kappa shape index (κ3) is 2.35. The predicted molar refractivity (Wildman–Crippen MR) is 74.7 cm³/mol. The molecule has 0 aromatic heterocycles. The van der Waals surface area contributed by atoms with Crippen molar-refractivity contribution in [2.24, 2.45) is 5.41 Å². The van der Waals surface area contributed by atoms with Crippen molar-refractivity contribution >= 4 is 21.6 Å². The molecular weight excluding hydrogens is 303 g/mol. The second-order valence-electron chi connectivity index (χ2n) is 5.60. The minimum atomic E-state index is -3.61. The Kier molecular flexibility index (Phi) is 3.52. The molecular formula is C13H16ClFN2O2S. The van der Waals surface area contributed by atoms with Crippen molar-refractivity contribution in [1.29, 1.82) is 0 Å². The first-order valence-electron chi connectivity index (χ1n) is 6.59. The zero-order chi connectivity index (χ0) is 14.4. The van der Waals surface area contributed by atoms with Crippen LogP contribution < -0.4 is 5.32 Å². The van der Waals surface area contributed by atoms with Gasteiger partial charge in [0.15, 0.2) is 0 Å². The van der Waals surface area contributed by atoms with Gasteiger partial charge in [-0.25, -0.2) is 12.8 Å². The fourth-order valence-corrected chi connectivity index (χ4v) is 5.14. The predicted octanol–water partition coefficient (Wildman–Crippen LogP) is 1.85. The van der Waals surface area contributed by atoms with Gasteiger partial charge in [-0.05, 0) is 44.1 Å². The number of benzene rings is 1. The van der Waals surface area contributed by atoms with Crippen molar-refractivity contribution in [3.8, 4) is 0 Å². The summed E-state index contributed by atoms with van der Waals surface area (Å²) in [5, 5.41) is 3.22. The zero-order valence-electron chi connectivity index (χ0n) is 10.9. The lowest BCUT2D eigenvalue weighted by molar-refractivity contribution is 0.0373. The summed E-state index contributed by atoms with van der Waals surface area (Å²) in [6.45, 7) is 2.94. The van der Waals surface area contributed by atoms with Crippen LogP contribution in [0.3, 0.4) is 0 Å². The van der Waals surface area contributed by atoms with Crippen molar-refractivity contribution in [2.45, 2.75) is 17.7 Å². The number of hydrogen-bond acceptors (Lipinski definition) is 3. The Hall–Kier alpha value is -0.690. The van der Waals surface area contributed by atoms with Crippen LogP contribution in [0.4, 0.5) is 4.39 Å². The molecule has 1 N–H and O–H groups in total. The maximum atomic E-state index is 13.0. The Morgan fingerprint density at radius 2 is 1.90 bits per heavy atom. The van der Waals surface area contributed by atoms with Crippen LogP contribution in [0.1, 0.15) is 12.8 Å². The van der Waals surface area contributed by atoms with E-state index in [1.54, 1.807) is 0 Å². The summed E-state index contributed by atoms with van der Waals surface area (Å²) in [5.41, 5.74) is 0.116. The Balaban J connectivity index is 1.80. The Bertz CT molecular complexity index is 621. The molecule has 2 heterocycles. The van der Waals surface area contributed by atoms with Gasteiger partial charge in [-0.1, -0.05) is 11.6 Å². The number of halogens is 2. The fraction of sp³-hybridized carbons (Fsp3) is 0.538. The number of hydrogen-bond donors (Lipinski definition) is 1. The lowest BCUT2D eigenvalue weighted by Gasteiger charge is -2.51. The number of sulfonamides is 1. The number of rotatable bonds is 2. The molecule has 0 radical (unpaired) electrons. The Morgan fingerprint density at radius 1 is 1.25 bits per heavy atom. The van der Waals surface area contributed by atoms with Crippen LogP contribution in [-0.4, -0.2) is 38.9 Å². The molecule has 1 aromatic rings. The SMILES string of the molecule is O=S(=O)(c1ccc(F)cc1Cl)N1CC2(CCNCC2)C1. The molecule has 2 aliphatic rings. The van der Waals surface area contributed by atoms with Crippen LogP contribution in [-0.2, 0) is 10.0 Å². The summed E-state index contributed by atoms with van der Waals surface area (Å²) in [5.74, 6) is -0.535. The molecule has 3 rings (SSSR count). The van der Waals surface area contributed by atoms with E-state index in [-0.39, 0.29) is 15.3 Å². The average molecular weight is 319 g/mol. The van der Waals surface area contributed by atoms with Crippen molar-refractivity contribution in [1.82, 2.24) is 9.62 Å². The quantitative estimate of drug-likeness (QED) is 0.905. The summed E-state index contributed by atoms with van der Waals surface area (Å²) in [4.78, 5) is -0.00986. The van der Waals surface area contributed by atoms with E-state index in [0.29, 0.717) is 13.1 Å². The molecule has 0 saturated carbocycles. The van der Waals surface area contributed by atoms with Gasteiger partial charge >= 0.3 is 0 Å². The van der Waals surface area contributed by atoms with Crippen molar-refractivity contribution < 1.29 is 12.8 Å². The summed E-state index contributed by atoms with van der Waals surface area (Å²) < 4.78 is 39.4. The molecule has 0 amide bonds. The molecule has 7 heteroatoms. The van der Waals surface area contributed by atoms with E-state index in [0.717, 1.165) is 38.1 Å². The molecule has 2 aliphatic heterocycles. The third-order valence-corrected chi connectivity index (χ3v) is 6.47. The summed E-state index contributed by atoms with van der Waals surface area (Å²) in [7, 11) is -3.61. The topological polar surface area (TPSA) is 49.4 Å². The lowest BCUT2D eigenvalue weighted by Crippen LogP contribution is -2.61. The molecule has 1 aromatic carbocycles. The second kappa shape index (κ2) is 4.94. The zero-order valence-corrected chi connectivity index (χ0v) is 12.5. The minimum absolute atomic E-state index is 0.00986. The van der Waals surface area contributed by atoms with Gasteiger partial charge in [0.05, 0.1) is 5.02 Å². The third-order valence-electron chi connectivity index (χ3n) is 4.20. The van der Waals surface area contributed by atoms with Gasteiger partial charge in [-0.15, -0.1) is 0 Å². The van der Waals surface area contributed by atoms with Crippen LogP contribution in [0.2, 0.25) is 5.02 Å². The maximum Gasteiger partial charge on any atom is 0.244 e. The number of nitrogens with one attached hydrogen (secondary N) is 1. The summed E-state index contributed by atoms with van der Waals surface area (Å²) in [6.07, 6.45) is 1.99. The monoisotopic (exact) mass is 318 g/mol. The van der Waals surface area contributed by atoms with Crippen molar-refractivity contribution in [3.05, 3.63) is 29.0 Å². The van der Waals surface area contributed by atoms with Gasteiger partial charge < -0.3 is 5.32 Å². The molecule has 0 atom stereocenters. The van der Waals surface area contributed by atoms with Gasteiger partial charge in [-0.2, -0.15) is 4.31 Å². The lowest BCUT2D eigenvalue weighted by atomic mass is 9.74. The van der Waals surface area contributed by atoms with E-state index in [1.165, 1.54) is 10.4 Å². The molecule has 0 aliphatic carbocycles. The van der Waals surface area contributed by atoms with E-state index >= 15 is 0 Å². The molecule has 0 unspecified atom stereocenters. The molecule has 110 valence electrons. The highest BCUT2D eigenvalue weighted by Gasteiger charge is 2.48. The van der Waals surface area contributed by atoms with Gasteiger partial charge in [-0.3, -0.25) is 0 Å². The Morgan fingerprint density at radius 3 is 2.50 bits per heavy atom. The molecule has 20 heavy (non-hydrogen) atoms. The smallest absolute Gasteiger partial charge is 0.244 e. The van der Waals surface area contributed by atoms with E-state index in [1.807, 2.05) is 0 Å². The summed E-state index contributed by atoms with van der Waals surface area (Å²) >= 11 is 5.86. The molecule has 2 saturated heterocycles. The summed E-state index contributed by atoms with van der Waals surface area (Å²) in [6, 6.07) is 3.40. The highest BCUT2D eigenvalue weighted by molar-refractivity contribution is 7.89. The van der Waals surface area contributed by atoms with E-state index in [2.05, 4.69) is 5.32 Å². The Labute approximate surface area is 123 Å². The van der Waals surface area contributed by atoms with Gasteiger partial charge in [0, 0.05) is 18.5 Å². The van der Waals surface area contributed by atoms with Crippen LogP contribution >= 0.6 is 11.6 Å². The van der Waals surface area contributed by atoms with E-state index in [9.17, 15) is 12.8 Å². The van der Waals surface area contributed by atoms with Crippen LogP contribution in [0, 0.1) is 11.2 Å². The normalized spacial score (nSPS) is 22.7. The van der Waals surface area contributed by atoms with Crippen LogP contribution in [0.5, 0.6) is 0 Å². The van der Waals surface area contributed by atoms with Gasteiger partial charge in [0.2, 0.25) is 10.0 Å². The first-order chi connectivity index (χ1) is 9.43. The van der Waals surface area contributed by atoms with Gasteiger partial charge in [0.1, 0.15) is 10.7 Å². The minimum Gasteiger partial charge on any atom is -0.317 e. The molecule has 4 nitrogen and oxygen atoms in total. The van der Waals surface area contributed by atoms with Gasteiger partial charge in [0.25, 0.3) is 0 Å². The highest BCUT2D eigenvalue weighted by Crippen LogP contribution is 2.42. The highest BCUT2D eigenvalue weighted by atomic mass is 35.5. The molecule has 2 fully saturated rings. The molecule has 1 spiro atoms. The average Bonchev–Trinajstić information content (AvgIpc) is 2.36. The first-order valence-corrected chi connectivity index (χ1v) is 8.41. The van der Waals surface area contributed by atoms with Crippen molar-refractivity contribution in [3.63, 3.8) is 0 Å². The maximum absolute atomic E-state index is 13.0. The number of nitrogens with zero attached hydrogens (tertiary/aromatic N) is 1. The van der Waals surface area contributed by atoms with Crippen LogP contribution in [0.15, 0.2) is 23.1 Å². The fourth-order valence-electron chi connectivity index (χ4n) is 2.97. The first kappa shape index (κ1) is 14.3. The number of piperidine rings is 1. The van der Waals surface area contributed by atoms with Crippen molar-refractivity contribution in [2.75, 3.05) is 26.2 Å². The second-order valence-corrected chi connectivity index (χ2v) is 7.91. The van der Waals surface area contributed by atoms with E-state index in [4.69, 9.17) is 11.6 Å². The van der Waals surface area contributed by atoms with E-state index < -0.39 is 15.8 Å². The largest absolute Gasteiger partial charge is 0.317 e. The molecule has 0 bridgehead atoms. The standard InChI is InChI=1S/C13H16ClFN2O2S/c14-11-7-10(15)1-2-12(11)20(18,19)17-8-13(9-17)3-5-16-6-4-13/h1-2,7,16H,3-6,8-9H2.